The molecule has 0 bridgehead atoms. The summed E-state index contributed by atoms with van der Waals surface area (Å²) in [6, 6.07) is 10.6. The molecule has 28 heavy (non-hydrogen) atoms. The molecule has 0 aliphatic carbocycles. The van der Waals surface area contributed by atoms with Gasteiger partial charge in [-0.1, -0.05) is 12.1 Å². The minimum atomic E-state index is -3.86. The van der Waals surface area contributed by atoms with Crippen LogP contribution < -0.4 is 9.03 Å². The number of nitrogens with one attached hydrogen (secondary N) is 1. The number of benzene rings is 2. The van der Waals surface area contributed by atoms with E-state index in [4.69, 9.17) is 0 Å². The van der Waals surface area contributed by atoms with Gasteiger partial charge in [0.25, 0.3) is 10.0 Å². The van der Waals surface area contributed by atoms with Crippen LogP contribution in [-0.2, 0) is 24.8 Å². The number of sulfonamides is 2. The zero-order chi connectivity index (χ0) is 20.9. The van der Waals surface area contributed by atoms with Gasteiger partial charge in [-0.05, 0) is 69.2 Å². The first-order valence-corrected chi connectivity index (χ1v) is 11.7. The van der Waals surface area contributed by atoms with Gasteiger partial charge < -0.3 is 0 Å². The largest absolute Gasteiger partial charge is 0.279 e. The Kier molecular flexibility index (Phi) is 4.79. The van der Waals surface area contributed by atoms with Gasteiger partial charge in [-0.2, -0.15) is 0 Å². The highest BCUT2D eigenvalue weighted by Gasteiger charge is 2.49. The predicted molar refractivity (Wildman–Crippen MR) is 108 cm³/mol. The average molecular weight is 423 g/mol. The third-order valence-corrected chi connectivity index (χ3v) is 8.22. The van der Waals surface area contributed by atoms with Crippen LogP contribution in [0.3, 0.4) is 0 Å². The van der Waals surface area contributed by atoms with Crippen molar-refractivity contribution in [3.63, 3.8) is 0 Å². The van der Waals surface area contributed by atoms with Gasteiger partial charge in [-0.3, -0.25) is 9.52 Å². The van der Waals surface area contributed by atoms with Crippen molar-refractivity contribution in [2.45, 2.75) is 32.6 Å². The maximum atomic E-state index is 12.7. The molecule has 1 N–H and O–H groups in total. The summed E-state index contributed by atoms with van der Waals surface area (Å²) in [5, 5.41) is 0. The van der Waals surface area contributed by atoms with Crippen LogP contribution in [0.1, 0.15) is 25.0 Å². The van der Waals surface area contributed by atoms with Gasteiger partial charge in [-0.15, -0.1) is 0 Å². The summed E-state index contributed by atoms with van der Waals surface area (Å²) in [5.41, 5.74) is 1.35. The molecule has 7 nitrogen and oxygen atoms in total. The fraction of sp³-hybridized carbons (Fsp3) is 0.316. The van der Waals surface area contributed by atoms with Crippen molar-refractivity contribution in [1.82, 2.24) is 0 Å². The van der Waals surface area contributed by atoms with E-state index in [2.05, 4.69) is 4.72 Å². The van der Waals surface area contributed by atoms with E-state index in [1.165, 1.54) is 24.3 Å². The summed E-state index contributed by atoms with van der Waals surface area (Å²) >= 11 is 0. The number of hydrogen-bond acceptors (Lipinski definition) is 5. The lowest BCUT2D eigenvalue weighted by Gasteiger charge is -2.18. The van der Waals surface area contributed by atoms with Gasteiger partial charge in [0.1, 0.15) is 0 Å². The molecule has 1 amide bonds. The zero-order valence-electron chi connectivity index (χ0n) is 16.1. The molecule has 0 unspecified atom stereocenters. The predicted octanol–water partition coefficient (Wildman–Crippen LogP) is 2.81. The number of rotatable bonds is 4. The first-order valence-electron chi connectivity index (χ1n) is 8.62. The molecule has 0 aromatic heterocycles. The molecule has 1 aliphatic rings. The fourth-order valence-corrected chi connectivity index (χ4v) is 6.32. The third-order valence-electron chi connectivity index (χ3n) is 4.82. The number of nitrogens with zero attached hydrogens (tertiary/aromatic N) is 1. The summed E-state index contributed by atoms with van der Waals surface area (Å²) in [5.74, 6) is -0.816. The molecule has 2 aromatic rings. The highest BCUT2D eigenvalue weighted by Crippen LogP contribution is 2.36. The Morgan fingerprint density at radius 1 is 1.04 bits per heavy atom. The van der Waals surface area contributed by atoms with E-state index < -0.39 is 31.4 Å². The van der Waals surface area contributed by atoms with E-state index in [1.54, 1.807) is 26.0 Å². The van der Waals surface area contributed by atoms with Crippen molar-refractivity contribution in [2.75, 3.05) is 14.8 Å². The second kappa shape index (κ2) is 6.59. The molecule has 0 saturated carbocycles. The van der Waals surface area contributed by atoms with Gasteiger partial charge in [0, 0.05) is 0 Å². The number of aryl methyl sites for hydroxylation is 1. The third kappa shape index (κ3) is 3.51. The van der Waals surface area contributed by atoms with Gasteiger partial charge in [0.05, 0.1) is 27.4 Å². The SMILES string of the molecule is Cc1cccc(NS(=O)(=O)c2ccc(N3C(=O)C(C)(C)CS3(=O)=O)cc2)c1C. The molecule has 0 spiro atoms. The summed E-state index contributed by atoms with van der Waals surface area (Å²) in [7, 11) is -7.65. The molecule has 1 aliphatic heterocycles. The molecule has 1 heterocycles. The van der Waals surface area contributed by atoms with Crippen LogP contribution in [0.15, 0.2) is 47.4 Å². The molecule has 0 radical (unpaired) electrons. The molecule has 1 saturated heterocycles. The number of amides is 1. The standard InChI is InChI=1S/C19H22N2O5S2/c1-13-6-5-7-17(14(13)2)20-28(25,26)16-10-8-15(9-11-16)21-18(22)19(3,4)12-27(21,23)24/h5-11,20H,12H2,1-4H3. The normalized spacial score (nSPS) is 18.3. The Balaban J connectivity index is 1.92. The first kappa shape index (κ1) is 20.3. The minimum Gasteiger partial charge on any atom is -0.279 e. The highest BCUT2D eigenvalue weighted by atomic mass is 32.2. The zero-order valence-corrected chi connectivity index (χ0v) is 17.7. The fourth-order valence-electron chi connectivity index (χ4n) is 3.09. The molecule has 150 valence electrons. The highest BCUT2D eigenvalue weighted by molar-refractivity contribution is 7.94. The second-order valence-corrected chi connectivity index (χ2v) is 11.1. The lowest BCUT2D eigenvalue weighted by atomic mass is 9.95. The van der Waals surface area contributed by atoms with Gasteiger partial charge in [0.2, 0.25) is 15.9 Å². The van der Waals surface area contributed by atoms with Crippen LogP contribution >= 0.6 is 0 Å². The Bertz CT molecular complexity index is 1150. The van der Waals surface area contributed by atoms with E-state index >= 15 is 0 Å². The van der Waals surface area contributed by atoms with Crippen LogP contribution in [0.5, 0.6) is 0 Å². The van der Waals surface area contributed by atoms with E-state index in [1.807, 2.05) is 19.9 Å². The topological polar surface area (TPSA) is 101 Å². The van der Waals surface area contributed by atoms with E-state index in [0.717, 1.165) is 15.4 Å². The average Bonchev–Trinajstić information content (AvgIpc) is 2.75. The second-order valence-electron chi connectivity index (χ2n) is 7.56. The number of carbonyl (C=O) groups is 1. The number of hydrogen-bond donors (Lipinski definition) is 1. The molecular formula is C19H22N2O5S2. The van der Waals surface area contributed by atoms with Gasteiger partial charge >= 0.3 is 0 Å². The van der Waals surface area contributed by atoms with E-state index in [-0.39, 0.29) is 16.3 Å². The quantitative estimate of drug-likeness (QED) is 0.817. The number of carbonyl (C=O) groups excluding carboxylic acids is 1. The van der Waals surface area contributed by atoms with Crippen LogP contribution in [0.25, 0.3) is 0 Å². The summed E-state index contributed by atoms with van der Waals surface area (Å²) in [4.78, 5) is 12.4. The van der Waals surface area contributed by atoms with Crippen LogP contribution in [0.2, 0.25) is 0 Å². The smallest absolute Gasteiger partial charge is 0.261 e. The maximum Gasteiger partial charge on any atom is 0.261 e. The molecule has 2 aromatic carbocycles. The Morgan fingerprint density at radius 3 is 2.18 bits per heavy atom. The molecule has 1 fully saturated rings. The summed E-state index contributed by atoms with van der Waals surface area (Å²) < 4.78 is 53.4. The maximum absolute atomic E-state index is 12.7. The molecule has 3 rings (SSSR count). The first-order chi connectivity index (χ1) is 12.8. The minimum absolute atomic E-state index is 0.0274. The monoisotopic (exact) mass is 422 g/mol. The lowest BCUT2D eigenvalue weighted by molar-refractivity contribution is -0.123. The molecule has 0 atom stereocenters. The molecule has 9 heteroatoms. The Morgan fingerprint density at radius 2 is 1.64 bits per heavy atom. The van der Waals surface area contributed by atoms with Crippen LogP contribution in [0.4, 0.5) is 11.4 Å². The van der Waals surface area contributed by atoms with Crippen molar-refractivity contribution >= 4 is 37.3 Å². The van der Waals surface area contributed by atoms with Crippen molar-refractivity contribution < 1.29 is 21.6 Å². The van der Waals surface area contributed by atoms with E-state index in [0.29, 0.717) is 5.69 Å². The Labute approximate surface area is 165 Å². The van der Waals surface area contributed by atoms with Crippen molar-refractivity contribution in [3.05, 3.63) is 53.6 Å². The summed E-state index contributed by atoms with van der Waals surface area (Å²) in [6.07, 6.45) is 0. The molecular weight excluding hydrogens is 400 g/mol. The summed E-state index contributed by atoms with van der Waals surface area (Å²) in [6.45, 7) is 6.85. The van der Waals surface area contributed by atoms with Gasteiger partial charge in [0.15, 0.2) is 0 Å². The Hall–Kier alpha value is -2.39. The van der Waals surface area contributed by atoms with Crippen molar-refractivity contribution in [3.8, 4) is 0 Å². The van der Waals surface area contributed by atoms with Gasteiger partial charge in [-0.25, -0.2) is 21.1 Å². The van der Waals surface area contributed by atoms with E-state index in [9.17, 15) is 21.6 Å². The van der Waals surface area contributed by atoms with Crippen LogP contribution in [-0.4, -0.2) is 28.5 Å². The number of anilines is 2. The van der Waals surface area contributed by atoms with Crippen molar-refractivity contribution in [2.24, 2.45) is 5.41 Å². The van der Waals surface area contributed by atoms with Crippen molar-refractivity contribution in [1.29, 1.82) is 0 Å². The lowest BCUT2D eigenvalue weighted by Crippen LogP contribution is -2.32. The van der Waals surface area contributed by atoms with Crippen LogP contribution in [0, 0.1) is 19.3 Å².